The van der Waals surface area contributed by atoms with Gasteiger partial charge in [-0.15, -0.1) is 11.3 Å². The number of carbonyl (C=O) groups excluding carboxylic acids is 1. The Balaban J connectivity index is 1.64. The number of ether oxygens (including phenoxy) is 2. The van der Waals surface area contributed by atoms with E-state index in [2.05, 4.69) is 15.0 Å². The van der Waals surface area contributed by atoms with E-state index in [0.717, 1.165) is 10.6 Å². The lowest BCUT2D eigenvalue weighted by molar-refractivity contribution is 0.0600. The molecule has 3 rings (SSSR count). The monoisotopic (exact) mass is 374 g/mol. The van der Waals surface area contributed by atoms with Gasteiger partial charge in [0.15, 0.2) is 4.47 Å². The van der Waals surface area contributed by atoms with E-state index in [4.69, 9.17) is 16.3 Å². The molecule has 128 valence electrons. The molecule has 5 nitrogen and oxygen atoms in total. The van der Waals surface area contributed by atoms with E-state index in [0.29, 0.717) is 28.1 Å². The number of anilines is 1. The van der Waals surface area contributed by atoms with Crippen LogP contribution in [-0.4, -0.2) is 18.1 Å². The van der Waals surface area contributed by atoms with Crippen molar-refractivity contribution < 1.29 is 14.3 Å². The minimum absolute atomic E-state index is 0.374. The highest BCUT2D eigenvalue weighted by Crippen LogP contribution is 2.25. The normalized spacial score (nSPS) is 10.3. The van der Waals surface area contributed by atoms with E-state index in [1.807, 2.05) is 24.3 Å². The van der Waals surface area contributed by atoms with Gasteiger partial charge in [-0.2, -0.15) is 0 Å². The Kier molecular flexibility index (Phi) is 5.53. The fraction of sp³-hybridized carbons (Fsp3) is 0.111. The number of hydrogen-bond donors (Lipinski definition) is 1. The van der Waals surface area contributed by atoms with Gasteiger partial charge in [0.05, 0.1) is 19.2 Å². The molecule has 1 N–H and O–H groups in total. The topological polar surface area (TPSA) is 60.5 Å². The molecule has 0 unspecified atom stereocenters. The summed E-state index contributed by atoms with van der Waals surface area (Å²) in [5.74, 6) is 0.957. The van der Waals surface area contributed by atoms with Crippen LogP contribution in [0.2, 0.25) is 4.47 Å². The van der Waals surface area contributed by atoms with Crippen molar-refractivity contribution in [2.45, 2.75) is 6.54 Å². The van der Waals surface area contributed by atoms with Crippen LogP contribution >= 0.6 is 22.9 Å². The van der Waals surface area contributed by atoms with Gasteiger partial charge in [0.2, 0.25) is 0 Å². The molecule has 0 saturated heterocycles. The zero-order chi connectivity index (χ0) is 17.6. The van der Waals surface area contributed by atoms with Gasteiger partial charge in [-0.25, -0.2) is 9.78 Å². The molecule has 0 bridgehead atoms. The minimum Gasteiger partial charge on any atom is -0.465 e. The number of thiazole rings is 1. The fourth-order valence-electron chi connectivity index (χ4n) is 2.14. The number of benzene rings is 2. The first kappa shape index (κ1) is 17.3. The summed E-state index contributed by atoms with van der Waals surface area (Å²) in [6, 6.07) is 14.4. The smallest absolute Gasteiger partial charge is 0.337 e. The van der Waals surface area contributed by atoms with E-state index < -0.39 is 0 Å². The Morgan fingerprint density at radius 1 is 1.20 bits per heavy atom. The Bertz CT molecular complexity index is 865. The predicted octanol–water partition coefficient (Wildman–Crippen LogP) is 4.99. The van der Waals surface area contributed by atoms with Gasteiger partial charge in [0.25, 0.3) is 0 Å². The lowest BCUT2D eigenvalue weighted by atomic mass is 10.2. The van der Waals surface area contributed by atoms with E-state index in [9.17, 15) is 4.79 Å². The van der Waals surface area contributed by atoms with Gasteiger partial charge >= 0.3 is 5.97 Å². The van der Waals surface area contributed by atoms with Crippen LogP contribution < -0.4 is 10.1 Å². The van der Waals surface area contributed by atoms with Crippen LogP contribution in [0.1, 0.15) is 15.2 Å². The van der Waals surface area contributed by atoms with Crippen molar-refractivity contribution in [3.63, 3.8) is 0 Å². The second-order valence-electron chi connectivity index (χ2n) is 5.08. The summed E-state index contributed by atoms with van der Waals surface area (Å²) in [7, 11) is 1.35. The van der Waals surface area contributed by atoms with Crippen molar-refractivity contribution in [1.29, 1.82) is 0 Å². The number of nitrogens with zero attached hydrogens (tertiary/aromatic N) is 1. The summed E-state index contributed by atoms with van der Waals surface area (Å²) >= 11 is 7.27. The van der Waals surface area contributed by atoms with Crippen LogP contribution in [0.15, 0.2) is 54.7 Å². The first-order chi connectivity index (χ1) is 12.1. The Morgan fingerprint density at radius 3 is 2.68 bits per heavy atom. The maximum absolute atomic E-state index is 11.4. The van der Waals surface area contributed by atoms with Gasteiger partial charge in [-0.05, 0) is 36.4 Å². The Morgan fingerprint density at radius 2 is 2.00 bits per heavy atom. The van der Waals surface area contributed by atoms with Crippen LogP contribution in [0.5, 0.6) is 11.5 Å². The lowest BCUT2D eigenvalue weighted by Crippen LogP contribution is -2.00. The van der Waals surface area contributed by atoms with E-state index in [-0.39, 0.29) is 5.97 Å². The summed E-state index contributed by atoms with van der Waals surface area (Å²) in [4.78, 5) is 16.5. The molecule has 0 saturated carbocycles. The molecule has 0 fully saturated rings. The quantitative estimate of drug-likeness (QED) is 0.616. The van der Waals surface area contributed by atoms with Crippen molar-refractivity contribution in [3.05, 3.63) is 69.6 Å². The summed E-state index contributed by atoms with van der Waals surface area (Å²) in [5.41, 5.74) is 1.40. The molecule has 0 aliphatic rings. The van der Waals surface area contributed by atoms with E-state index >= 15 is 0 Å². The van der Waals surface area contributed by atoms with Crippen molar-refractivity contribution in [3.8, 4) is 11.5 Å². The number of rotatable bonds is 6. The Hall–Kier alpha value is -2.57. The fourth-order valence-corrected chi connectivity index (χ4v) is 3.05. The summed E-state index contributed by atoms with van der Waals surface area (Å²) in [6.45, 7) is 0.641. The van der Waals surface area contributed by atoms with Gasteiger partial charge in [-0.3, -0.25) is 0 Å². The van der Waals surface area contributed by atoms with Gasteiger partial charge in [0.1, 0.15) is 11.5 Å². The summed E-state index contributed by atoms with van der Waals surface area (Å²) < 4.78 is 11.0. The lowest BCUT2D eigenvalue weighted by Gasteiger charge is -2.09. The Labute approximate surface area is 154 Å². The van der Waals surface area contributed by atoms with E-state index in [1.54, 1.807) is 30.5 Å². The first-order valence-corrected chi connectivity index (χ1v) is 8.64. The maximum atomic E-state index is 11.4. The third-order valence-electron chi connectivity index (χ3n) is 3.34. The van der Waals surface area contributed by atoms with Crippen molar-refractivity contribution in [2.24, 2.45) is 0 Å². The van der Waals surface area contributed by atoms with Gasteiger partial charge in [0, 0.05) is 22.8 Å². The van der Waals surface area contributed by atoms with Crippen molar-refractivity contribution in [2.75, 3.05) is 12.4 Å². The third-order valence-corrected chi connectivity index (χ3v) is 4.45. The average Bonchev–Trinajstić information content (AvgIpc) is 3.06. The third kappa shape index (κ3) is 4.71. The second-order valence-corrected chi connectivity index (χ2v) is 6.78. The summed E-state index contributed by atoms with van der Waals surface area (Å²) in [6.07, 6.45) is 1.75. The number of carbonyl (C=O) groups is 1. The molecule has 0 amide bonds. The minimum atomic E-state index is -0.374. The highest BCUT2D eigenvalue weighted by Gasteiger charge is 2.06. The molecule has 0 atom stereocenters. The number of hydrogen-bond acceptors (Lipinski definition) is 6. The molecule has 25 heavy (non-hydrogen) atoms. The SMILES string of the molecule is COC(=O)c1ccc(Oc2cccc(NCc3cnc(Cl)s3)c2)cc1. The number of methoxy groups -OCH3 is 1. The molecule has 0 spiro atoms. The second kappa shape index (κ2) is 8.00. The highest BCUT2D eigenvalue weighted by molar-refractivity contribution is 7.15. The standard InChI is InChI=1S/C18H15ClN2O3S/c1-23-17(22)12-5-7-14(8-6-12)24-15-4-2-3-13(9-15)20-10-16-11-21-18(19)25-16/h2-9,11,20H,10H2,1H3. The molecule has 0 aliphatic heterocycles. The zero-order valence-electron chi connectivity index (χ0n) is 13.4. The number of halogens is 1. The molecule has 7 heteroatoms. The van der Waals surface area contributed by atoms with Crippen molar-refractivity contribution in [1.82, 2.24) is 4.98 Å². The molecule has 0 aliphatic carbocycles. The largest absolute Gasteiger partial charge is 0.465 e. The molecule has 3 aromatic rings. The number of nitrogens with one attached hydrogen (secondary N) is 1. The van der Waals surface area contributed by atoms with Gasteiger partial charge in [-0.1, -0.05) is 17.7 Å². The highest BCUT2D eigenvalue weighted by atomic mass is 35.5. The number of esters is 1. The van der Waals surface area contributed by atoms with Crippen LogP contribution in [0, 0.1) is 0 Å². The molecule has 1 heterocycles. The molecular weight excluding hydrogens is 360 g/mol. The zero-order valence-corrected chi connectivity index (χ0v) is 14.9. The van der Waals surface area contributed by atoms with Crippen LogP contribution in [0.4, 0.5) is 5.69 Å². The first-order valence-electron chi connectivity index (χ1n) is 7.44. The predicted molar refractivity (Wildman–Crippen MR) is 98.7 cm³/mol. The molecular formula is C18H15ClN2O3S. The van der Waals surface area contributed by atoms with Crippen LogP contribution in [-0.2, 0) is 11.3 Å². The summed E-state index contributed by atoms with van der Waals surface area (Å²) in [5, 5.41) is 3.30. The average molecular weight is 375 g/mol. The number of aromatic nitrogens is 1. The molecule has 0 radical (unpaired) electrons. The maximum Gasteiger partial charge on any atom is 0.337 e. The van der Waals surface area contributed by atoms with Gasteiger partial charge < -0.3 is 14.8 Å². The van der Waals surface area contributed by atoms with E-state index in [1.165, 1.54) is 18.4 Å². The van der Waals surface area contributed by atoms with Crippen LogP contribution in [0.3, 0.4) is 0 Å². The van der Waals surface area contributed by atoms with Crippen molar-refractivity contribution >= 4 is 34.6 Å². The molecule has 1 aromatic heterocycles. The van der Waals surface area contributed by atoms with Crippen LogP contribution in [0.25, 0.3) is 0 Å². The molecule has 2 aromatic carbocycles.